The van der Waals surface area contributed by atoms with E-state index in [9.17, 15) is 23.1 Å². The Morgan fingerprint density at radius 3 is 2.30 bits per heavy atom. The van der Waals surface area contributed by atoms with Crippen molar-refractivity contribution in [2.24, 2.45) is 0 Å². The summed E-state index contributed by atoms with van der Waals surface area (Å²) < 4.78 is 32.4. The predicted octanol–water partition coefficient (Wildman–Crippen LogP) is 1.81. The number of piperazine rings is 1. The number of carbonyl (C=O) groups excluding carboxylic acids is 2. The van der Waals surface area contributed by atoms with E-state index in [1.807, 2.05) is 0 Å². The standard InChI is InChI=1S/C23H29N3O6S/c1-16-4-9-21(28)22(14-16)33(30,31)26-12-10-25(11-13-26)23(29)15-20(24-17(2)27)18-5-7-19(32-3)8-6-18/h4-9,14,20,28H,10-13,15H2,1-3H3,(H,24,27). The highest BCUT2D eigenvalue weighted by atomic mass is 32.2. The maximum atomic E-state index is 13.0. The number of benzene rings is 2. The minimum Gasteiger partial charge on any atom is -0.507 e. The Bertz CT molecular complexity index is 1110. The van der Waals surface area contributed by atoms with E-state index in [-0.39, 0.29) is 55.1 Å². The molecule has 1 aliphatic heterocycles. The Morgan fingerprint density at radius 1 is 1.09 bits per heavy atom. The number of phenolic OH excluding ortho intramolecular Hbond substituents is 1. The average Bonchev–Trinajstić information content (AvgIpc) is 2.80. The molecular formula is C23H29N3O6S. The zero-order valence-electron chi connectivity index (χ0n) is 18.9. The molecule has 9 nitrogen and oxygen atoms in total. The van der Waals surface area contributed by atoms with Crippen molar-refractivity contribution >= 4 is 21.8 Å². The number of carbonyl (C=O) groups is 2. The molecule has 1 heterocycles. The highest BCUT2D eigenvalue weighted by Gasteiger charge is 2.32. The molecule has 2 N–H and O–H groups in total. The summed E-state index contributed by atoms with van der Waals surface area (Å²) in [5, 5.41) is 12.8. The second-order valence-electron chi connectivity index (χ2n) is 7.99. The Morgan fingerprint density at radius 2 is 1.73 bits per heavy atom. The van der Waals surface area contributed by atoms with Crippen LogP contribution in [0.5, 0.6) is 11.5 Å². The number of hydrogen-bond acceptors (Lipinski definition) is 6. The van der Waals surface area contributed by atoms with Gasteiger partial charge in [-0.25, -0.2) is 8.42 Å². The quantitative estimate of drug-likeness (QED) is 0.631. The summed E-state index contributed by atoms with van der Waals surface area (Å²) in [6.45, 7) is 3.83. The van der Waals surface area contributed by atoms with Gasteiger partial charge >= 0.3 is 0 Å². The third kappa shape index (κ3) is 5.82. The first-order valence-electron chi connectivity index (χ1n) is 10.6. The van der Waals surface area contributed by atoms with Crippen molar-refractivity contribution in [3.05, 3.63) is 53.6 Å². The summed E-state index contributed by atoms with van der Waals surface area (Å²) in [5.74, 6) is -0.0575. The SMILES string of the molecule is COc1ccc(C(CC(=O)N2CCN(S(=O)(=O)c3cc(C)ccc3O)CC2)NC(C)=O)cc1. The highest BCUT2D eigenvalue weighted by molar-refractivity contribution is 7.89. The van der Waals surface area contributed by atoms with Gasteiger partial charge in [0, 0.05) is 33.1 Å². The average molecular weight is 476 g/mol. The molecule has 0 aliphatic carbocycles. The van der Waals surface area contributed by atoms with Crippen LogP contribution in [0.1, 0.15) is 30.5 Å². The number of nitrogens with zero attached hydrogens (tertiary/aromatic N) is 2. The number of hydrogen-bond donors (Lipinski definition) is 2. The van der Waals surface area contributed by atoms with Crippen molar-refractivity contribution in [2.75, 3.05) is 33.3 Å². The van der Waals surface area contributed by atoms with Crippen LogP contribution in [0.25, 0.3) is 0 Å². The summed E-state index contributed by atoms with van der Waals surface area (Å²) >= 11 is 0. The maximum absolute atomic E-state index is 13.0. The first-order chi connectivity index (χ1) is 15.6. The van der Waals surface area contributed by atoms with Gasteiger partial charge in [-0.2, -0.15) is 4.31 Å². The van der Waals surface area contributed by atoms with Gasteiger partial charge in [-0.1, -0.05) is 18.2 Å². The normalized spacial score (nSPS) is 15.7. The molecule has 1 saturated heterocycles. The van der Waals surface area contributed by atoms with Crippen molar-refractivity contribution < 1.29 is 27.9 Å². The van der Waals surface area contributed by atoms with Gasteiger partial charge in [-0.05, 0) is 42.3 Å². The fourth-order valence-electron chi connectivity index (χ4n) is 3.78. The minimum atomic E-state index is -3.88. The van der Waals surface area contributed by atoms with Crippen molar-refractivity contribution in [3.63, 3.8) is 0 Å². The monoisotopic (exact) mass is 475 g/mol. The molecule has 33 heavy (non-hydrogen) atoms. The number of ether oxygens (including phenoxy) is 1. The molecular weight excluding hydrogens is 446 g/mol. The third-order valence-corrected chi connectivity index (χ3v) is 7.53. The number of nitrogens with one attached hydrogen (secondary N) is 1. The van der Waals surface area contributed by atoms with Crippen LogP contribution in [-0.2, 0) is 19.6 Å². The van der Waals surface area contributed by atoms with Gasteiger partial charge < -0.3 is 20.1 Å². The lowest BCUT2D eigenvalue weighted by Crippen LogP contribution is -2.51. The molecule has 10 heteroatoms. The molecule has 1 unspecified atom stereocenters. The van der Waals surface area contributed by atoms with Gasteiger partial charge in [-0.15, -0.1) is 0 Å². The van der Waals surface area contributed by atoms with Crippen molar-refractivity contribution in [1.82, 2.24) is 14.5 Å². The molecule has 1 atom stereocenters. The lowest BCUT2D eigenvalue weighted by atomic mass is 10.0. The van der Waals surface area contributed by atoms with Crippen LogP contribution in [0.3, 0.4) is 0 Å². The second-order valence-corrected chi connectivity index (χ2v) is 9.89. The number of rotatable bonds is 7. The number of sulfonamides is 1. The van der Waals surface area contributed by atoms with Gasteiger partial charge in [0.15, 0.2) is 0 Å². The van der Waals surface area contributed by atoms with Crippen molar-refractivity contribution in [2.45, 2.75) is 31.2 Å². The van der Waals surface area contributed by atoms with Crippen molar-refractivity contribution in [3.8, 4) is 11.5 Å². The predicted molar refractivity (Wildman–Crippen MR) is 122 cm³/mol. The largest absolute Gasteiger partial charge is 0.507 e. The zero-order valence-corrected chi connectivity index (χ0v) is 19.8. The first-order valence-corrected chi connectivity index (χ1v) is 12.0. The minimum absolute atomic E-state index is 0.0529. The number of aromatic hydroxyl groups is 1. The molecule has 2 aromatic rings. The van der Waals surface area contributed by atoms with Crippen LogP contribution in [0, 0.1) is 6.92 Å². The zero-order chi connectivity index (χ0) is 24.2. The molecule has 0 bridgehead atoms. The maximum Gasteiger partial charge on any atom is 0.246 e. The van der Waals surface area contributed by atoms with Crippen molar-refractivity contribution in [1.29, 1.82) is 0 Å². The third-order valence-electron chi connectivity index (χ3n) is 5.60. The summed E-state index contributed by atoms with van der Waals surface area (Å²) in [4.78, 5) is 26.1. The highest BCUT2D eigenvalue weighted by Crippen LogP contribution is 2.28. The van der Waals surface area contributed by atoms with Crippen LogP contribution in [-0.4, -0.2) is 67.8 Å². The van der Waals surface area contributed by atoms with E-state index < -0.39 is 16.1 Å². The van der Waals surface area contributed by atoms with Gasteiger partial charge in [0.1, 0.15) is 16.4 Å². The summed E-state index contributed by atoms with van der Waals surface area (Å²) in [6.07, 6.45) is 0.0529. The van der Waals surface area contributed by atoms with E-state index in [2.05, 4.69) is 5.32 Å². The molecule has 3 rings (SSSR count). The van der Waals surface area contributed by atoms with E-state index in [1.54, 1.807) is 49.3 Å². The van der Waals surface area contributed by atoms with E-state index in [4.69, 9.17) is 4.74 Å². The van der Waals surface area contributed by atoms with Crippen LogP contribution in [0.4, 0.5) is 0 Å². The summed E-state index contributed by atoms with van der Waals surface area (Å²) in [6, 6.07) is 11.1. The topological polar surface area (TPSA) is 116 Å². The van der Waals surface area contributed by atoms with E-state index in [0.29, 0.717) is 5.75 Å². The molecule has 0 aromatic heterocycles. The molecule has 0 saturated carbocycles. The number of aryl methyl sites for hydroxylation is 1. The van der Waals surface area contributed by atoms with Crippen LogP contribution in [0.15, 0.2) is 47.4 Å². The summed E-state index contributed by atoms with van der Waals surface area (Å²) in [7, 11) is -2.32. The molecule has 0 spiro atoms. The summed E-state index contributed by atoms with van der Waals surface area (Å²) in [5.41, 5.74) is 1.50. The lowest BCUT2D eigenvalue weighted by molar-refractivity contribution is -0.133. The fourth-order valence-corrected chi connectivity index (χ4v) is 5.37. The van der Waals surface area contributed by atoms with Gasteiger partial charge in [-0.3, -0.25) is 9.59 Å². The van der Waals surface area contributed by atoms with E-state index >= 15 is 0 Å². The Hall–Kier alpha value is -3.11. The van der Waals surface area contributed by atoms with Gasteiger partial charge in [0.25, 0.3) is 0 Å². The van der Waals surface area contributed by atoms with E-state index in [0.717, 1.165) is 11.1 Å². The molecule has 1 fully saturated rings. The van der Waals surface area contributed by atoms with Gasteiger partial charge in [0.2, 0.25) is 21.8 Å². The Kier molecular flexibility index (Phi) is 7.60. The van der Waals surface area contributed by atoms with Crippen LogP contribution < -0.4 is 10.1 Å². The lowest BCUT2D eigenvalue weighted by Gasteiger charge is -2.35. The first kappa shape index (κ1) is 24.5. The van der Waals surface area contributed by atoms with E-state index in [1.165, 1.54) is 23.4 Å². The molecule has 2 amide bonds. The molecule has 1 aliphatic rings. The molecule has 0 radical (unpaired) electrons. The van der Waals surface area contributed by atoms with Crippen LogP contribution in [0.2, 0.25) is 0 Å². The number of methoxy groups -OCH3 is 1. The Labute approximate surface area is 194 Å². The fraction of sp³-hybridized carbons (Fsp3) is 0.391. The molecule has 178 valence electrons. The smallest absolute Gasteiger partial charge is 0.246 e. The molecule has 2 aromatic carbocycles. The number of phenols is 1. The van der Waals surface area contributed by atoms with Gasteiger partial charge in [0.05, 0.1) is 19.6 Å². The second kappa shape index (κ2) is 10.2. The Balaban J connectivity index is 1.67. The number of amides is 2. The van der Waals surface area contributed by atoms with Crippen LogP contribution >= 0.6 is 0 Å².